The van der Waals surface area contributed by atoms with Gasteiger partial charge >= 0.3 is 0 Å². The molecule has 0 aromatic heterocycles. The third-order valence-corrected chi connectivity index (χ3v) is 17.7. The third kappa shape index (κ3) is 7.81. The minimum atomic E-state index is -1.89. The number of aliphatic hydroxyl groups is 10. The van der Waals surface area contributed by atoms with E-state index in [9.17, 15) is 51.1 Å². The molecule has 4 aliphatic carbocycles. The lowest BCUT2D eigenvalue weighted by molar-refractivity contribution is -0.390. The molecule has 0 amide bonds. The summed E-state index contributed by atoms with van der Waals surface area (Å²) < 4.78 is 48.9. The summed E-state index contributed by atoms with van der Waals surface area (Å²) in [5.74, 6) is 2.65. The number of ether oxygens (including phenoxy) is 8. The maximum atomic E-state index is 11.5. The Morgan fingerprint density at radius 2 is 1.27 bits per heavy atom. The number of hydrogen-bond acceptors (Lipinski definition) is 18. The molecule has 9 aliphatic rings. The number of hydrogen-bond donors (Lipinski definition) is 10. The van der Waals surface area contributed by atoms with Crippen LogP contribution in [0.15, 0.2) is 11.6 Å². The summed E-state index contributed by atoms with van der Waals surface area (Å²) in [6, 6.07) is 0. The molecule has 63 heavy (non-hydrogen) atoms. The number of rotatable bonds is 9. The van der Waals surface area contributed by atoms with Crippen molar-refractivity contribution in [3.05, 3.63) is 11.6 Å². The van der Waals surface area contributed by atoms with Gasteiger partial charge in [0.25, 0.3) is 0 Å². The normalized spacial score (nSPS) is 56.9. The fourth-order valence-corrected chi connectivity index (χ4v) is 14.1. The summed E-state index contributed by atoms with van der Waals surface area (Å²) in [4.78, 5) is 0. The predicted octanol–water partition coefficient (Wildman–Crippen LogP) is -0.813. The quantitative estimate of drug-likeness (QED) is 0.127. The van der Waals surface area contributed by atoms with E-state index in [-0.39, 0.29) is 23.0 Å². The van der Waals surface area contributed by atoms with Crippen LogP contribution < -0.4 is 0 Å². The van der Waals surface area contributed by atoms with Crippen molar-refractivity contribution in [2.75, 3.05) is 26.4 Å². The molecule has 0 bridgehead atoms. The molecule has 360 valence electrons. The van der Waals surface area contributed by atoms with Crippen molar-refractivity contribution in [2.24, 2.45) is 46.3 Å². The molecule has 18 heteroatoms. The van der Waals surface area contributed by atoms with Gasteiger partial charge in [-0.05, 0) is 91.8 Å². The lowest BCUT2D eigenvalue weighted by Crippen LogP contribution is -2.67. The van der Waals surface area contributed by atoms with Crippen molar-refractivity contribution in [3.8, 4) is 0 Å². The van der Waals surface area contributed by atoms with Gasteiger partial charge in [0.1, 0.15) is 73.2 Å². The second-order valence-corrected chi connectivity index (χ2v) is 21.1. The maximum Gasteiger partial charge on any atom is 0.187 e. The van der Waals surface area contributed by atoms with Gasteiger partial charge < -0.3 is 89.0 Å². The molecule has 5 aliphatic heterocycles. The first-order valence-corrected chi connectivity index (χ1v) is 23.5. The molecule has 10 N–H and O–H groups in total. The van der Waals surface area contributed by atoms with Gasteiger partial charge in [-0.15, -0.1) is 0 Å². The van der Waals surface area contributed by atoms with Gasteiger partial charge in [0, 0.05) is 12.3 Å². The number of aliphatic hydroxyl groups excluding tert-OH is 10. The topological polar surface area (TPSA) is 276 Å². The van der Waals surface area contributed by atoms with Crippen LogP contribution in [0.4, 0.5) is 0 Å². The minimum Gasteiger partial charge on any atom is -0.394 e. The third-order valence-electron chi connectivity index (χ3n) is 17.7. The molecule has 8 fully saturated rings. The summed E-state index contributed by atoms with van der Waals surface area (Å²) in [5, 5.41) is 106. The Balaban J connectivity index is 0.849. The van der Waals surface area contributed by atoms with Crippen LogP contribution in [0.2, 0.25) is 0 Å². The SMILES string of the molecule is C[C@@H]1CC[C@]2(OC1)O[C@@H]1C[C@@H]3[C@@H]4CC=C5C[C@H](O[C@@H]6O[C@@H](CO)[C@@H](O[C@@H]7O[C@@H](CO)[C@H](O)[C@H](O)[C@@H]7O[C@@H]7O[C@@H](CO)[C@H](O)[C@@H](O)[C@@H]7O)[C@H](O)[C@H]6O)CC[C@]5(C)[C@H]4CC[C@]3(C)[C@@H]1[C@H]2C. The molecule has 5 saturated heterocycles. The Labute approximate surface area is 368 Å². The maximum absolute atomic E-state index is 11.5. The zero-order valence-electron chi connectivity index (χ0n) is 36.8. The fraction of sp³-hybridized carbons (Fsp3) is 0.956. The molecular formula is C45H72O18. The second kappa shape index (κ2) is 17.8. The van der Waals surface area contributed by atoms with E-state index in [0.29, 0.717) is 48.3 Å². The highest BCUT2D eigenvalue weighted by molar-refractivity contribution is 5.26. The first-order chi connectivity index (χ1) is 30.0. The molecule has 5 heterocycles. The van der Waals surface area contributed by atoms with E-state index < -0.39 is 118 Å². The molecule has 18 nitrogen and oxygen atoms in total. The first-order valence-electron chi connectivity index (χ1n) is 23.5. The van der Waals surface area contributed by atoms with Gasteiger partial charge in [-0.2, -0.15) is 0 Å². The standard InChI is InChI=1S/C45H72O18/c1-19-7-12-45(56-18-19)20(2)30-26(63-45)14-25-23-6-5-21-13-22(8-10-43(21,3)24(23)9-11-44(25,30)4)57-40-37(55)35(53)38(29(17-48)60-40)61-42-39(34(52)32(50)28(16-47)59-42)62-41-36(54)33(51)31(49)27(15-46)58-41/h5,19-20,22-42,46-55H,6-18H2,1-4H3/t19-,20-,22-,23-,24+,25-,26-,27+,28+,29+,30-,31+,32+,33-,34+,35-,36+,37-,38-,39+,40-,41+,42+,43+,44+,45+/m1/s1. The molecule has 9 rings (SSSR count). The van der Waals surface area contributed by atoms with E-state index in [1.165, 1.54) is 12.0 Å². The van der Waals surface area contributed by atoms with E-state index in [1.807, 2.05) is 0 Å². The lowest BCUT2D eigenvalue weighted by atomic mass is 9.47. The highest BCUT2D eigenvalue weighted by Crippen LogP contribution is 2.70. The highest BCUT2D eigenvalue weighted by Gasteiger charge is 2.69. The first kappa shape index (κ1) is 47.1. The molecular weight excluding hydrogens is 828 g/mol. The van der Waals surface area contributed by atoms with Crippen LogP contribution in [-0.4, -0.2) is 188 Å². The summed E-state index contributed by atoms with van der Waals surface area (Å²) in [6.45, 7) is 8.10. The molecule has 0 radical (unpaired) electrons. The summed E-state index contributed by atoms with van der Waals surface area (Å²) >= 11 is 0. The van der Waals surface area contributed by atoms with Crippen LogP contribution in [0.3, 0.4) is 0 Å². The van der Waals surface area contributed by atoms with Crippen LogP contribution in [0.5, 0.6) is 0 Å². The van der Waals surface area contributed by atoms with Crippen molar-refractivity contribution in [2.45, 2.75) is 196 Å². The van der Waals surface area contributed by atoms with Crippen LogP contribution >= 0.6 is 0 Å². The van der Waals surface area contributed by atoms with Crippen LogP contribution in [-0.2, 0) is 37.9 Å². The van der Waals surface area contributed by atoms with Crippen molar-refractivity contribution >= 4 is 0 Å². The zero-order valence-corrected chi connectivity index (χ0v) is 36.8. The second-order valence-electron chi connectivity index (χ2n) is 21.1. The Morgan fingerprint density at radius 1 is 0.651 bits per heavy atom. The number of allylic oxidation sites excluding steroid dienone is 1. The Bertz CT molecular complexity index is 1630. The van der Waals surface area contributed by atoms with Crippen molar-refractivity contribution < 1.29 is 89.0 Å². The highest BCUT2D eigenvalue weighted by atomic mass is 16.8. The lowest BCUT2D eigenvalue weighted by Gasteiger charge is -2.58. The Morgan fingerprint density at radius 3 is 1.95 bits per heavy atom. The van der Waals surface area contributed by atoms with Gasteiger partial charge in [-0.1, -0.05) is 39.3 Å². The van der Waals surface area contributed by atoms with Crippen molar-refractivity contribution in [3.63, 3.8) is 0 Å². The molecule has 0 aromatic rings. The van der Waals surface area contributed by atoms with Gasteiger partial charge in [0.05, 0.1) is 38.6 Å². The van der Waals surface area contributed by atoms with E-state index in [4.69, 9.17) is 37.9 Å². The molecule has 0 aromatic carbocycles. The minimum absolute atomic E-state index is 0.00493. The predicted molar refractivity (Wildman–Crippen MR) is 216 cm³/mol. The van der Waals surface area contributed by atoms with E-state index >= 15 is 0 Å². The van der Waals surface area contributed by atoms with E-state index in [2.05, 4.69) is 33.8 Å². The summed E-state index contributed by atoms with van der Waals surface area (Å²) in [6.07, 6.45) is -13.6. The Hall–Kier alpha value is -0.980. The van der Waals surface area contributed by atoms with Crippen LogP contribution in [0, 0.1) is 46.3 Å². The van der Waals surface area contributed by atoms with Gasteiger partial charge in [-0.3, -0.25) is 0 Å². The van der Waals surface area contributed by atoms with Crippen LogP contribution in [0.1, 0.15) is 85.5 Å². The van der Waals surface area contributed by atoms with Gasteiger partial charge in [0.15, 0.2) is 24.7 Å². The van der Waals surface area contributed by atoms with Gasteiger partial charge in [-0.25, -0.2) is 0 Å². The van der Waals surface area contributed by atoms with E-state index in [0.717, 1.165) is 45.1 Å². The molecule has 0 unspecified atom stereocenters. The number of fused-ring (bicyclic) bond motifs is 7. The largest absolute Gasteiger partial charge is 0.394 e. The van der Waals surface area contributed by atoms with Crippen LogP contribution in [0.25, 0.3) is 0 Å². The average molecular weight is 901 g/mol. The van der Waals surface area contributed by atoms with Crippen molar-refractivity contribution in [1.82, 2.24) is 0 Å². The fourth-order valence-electron chi connectivity index (χ4n) is 14.1. The summed E-state index contributed by atoms with van der Waals surface area (Å²) in [5.41, 5.74) is 1.54. The Kier molecular flexibility index (Phi) is 13.3. The van der Waals surface area contributed by atoms with E-state index in [1.54, 1.807) is 0 Å². The summed E-state index contributed by atoms with van der Waals surface area (Å²) in [7, 11) is 0. The molecule has 3 saturated carbocycles. The van der Waals surface area contributed by atoms with Crippen molar-refractivity contribution in [1.29, 1.82) is 0 Å². The smallest absolute Gasteiger partial charge is 0.187 e. The average Bonchev–Trinajstić information content (AvgIpc) is 3.72. The zero-order chi connectivity index (χ0) is 44.9. The monoisotopic (exact) mass is 900 g/mol. The molecule has 26 atom stereocenters. The van der Waals surface area contributed by atoms with Gasteiger partial charge in [0.2, 0.25) is 0 Å². The molecule has 1 spiro atoms.